The van der Waals surface area contributed by atoms with Crippen LogP contribution in [0.4, 0.5) is 10.6 Å². The maximum Gasteiger partial charge on any atom is 0.317 e. The van der Waals surface area contributed by atoms with Gasteiger partial charge in [0, 0.05) is 55.4 Å². The smallest absolute Gasteiger partial charge is 0.317 e. The molecule has 0 atom stereocenters. The largest absolute Gasteiger partial charge is 0.356 e. The summed E-state index contributed by atoms with van der Waals surface area (Å²) in [5, 5.41) is 5.00. The normalized spacial score (nSPS) is 17.7. The molecule has 0 bridgehead atoms. The zero-order valence-corrected chi connectivity index (χ0v) is 19.7. The van der Waals surface area contributed by atoms with Gasteiger partial charge < -0.3 is 15.1 Å². The Hall–Kier alpha value is -2.38. The number of carbonyl (C=O) groups excluding carboxylic acids is 1. The van der Waals surface area contributed by atoms with Crippen LogP contribution in [0, 0.1) is 0 Å². The van der Waals surface area contributed by atoms with Crippen LogP contribution < -0.4 is 10.2 Å². The van der Waals surface area contributed by atoms with E-state index < -0.39 is 0 Å². The standard InChI is InChI=1S/C24H28ClN5OS/c25-19-6-7-21-20(15-19)28-23(32-21)17-8-13-30(14-9-17)24(31)27-16-18-5-4-10-26-22(18)29-11-2-1-3-12-29/h4-7,10,15,17H,1-3,8-9,11-14,16H2,(H,27,31). The maximum atomic E-state index is 12.8. The number of nitrogens with zero attached hydrogens (tertiary/aromatic N) is 4. The van der Waals surface area contributed by atoms with Gasteiger partial charge in [-0.25, -0.2) is 14.8 Å². The van der Waals surface area contributed by atoms with Crippen molar-refractivity contribution in [3.05, 3.63) is 52.1 Å². The molecule has 5 rings (SSSR count). The van der Waals surface area contributed by atoms with Crippen molar-refractivity contribution in [2.24, 2.45) is 0 Å². The molecule has 8 heteroatoms. The molecule has 2 saturated heterocycles. The van der Waals surface area contributed by atoms with E-state index in [0.29, 0.717) is 12.5 Å². The summed E-state index contributed by atoms with van der Waals surface area (Å²) in [6.45, 7) is 4.10. The average molecular weight is 470 g/mol. The van der Waals surface area contributed by atoms with Crippen LogP contribution in [0.1, 0.15) is 48.6 Å². The van der Waals surface area contributed by atoms with Crippen LogP contribution >= 0.6 is 22.9 Å². The number of benzene rings is 1. The summed E-state index contributed by atoms with van der Waals surface area (Å²) in [4.78, 5) is 26.5. The Morgan fingerprint density at radius 1 is 1.12 bits per heavy atom. The molecule has 4 heterocycles. The van der Waals surface area contributed by atoms with Gasteiger partial charge in [0.05, 0.1) is 15.2 Å². The van der Waals surface area contributed by atoms with E-state index in [1.807, 2.05) is 35.4 Å². The highest BCUT2D eigenvalue weighted by Crippen LogP contribution is 2.34. The van der Waals surface area contributed by atoms with E-state index in [4.69, 9.17) is 16.6 Å². The highest BCUT2D eigenvalue weighted by molar-refractivity contribution is 7.18. The van der Waals surface area contributed by atoms with Gasteiger partial charge in [-0.2, -0.15) is 0 Å². The van der Waals surface area contributed by atoms with E-state index in [-0.39, 0.29) is 6.03 Å². The third-order valence-electron chi connectivity index (χ3n) is 6.45. The number of anilines is 1. The van der Waals surface area contributed by atoms with E-state index in [1.165, 1.54) is 24.0 Å². The van der Waals surface area contributed by atoms with Crippen molar-refractivity contribution >= 4 is 45.0 Å². The molecule has 0 radical (unpaired) electrons. The lowest BCUT2D eigenvalue weighted by atomic mass is 9.98. The molecule has 2 aliphatic heterocycles. The molecule has 168 valence electrons. The molecule has 6 nitrogen and oxygen atoms in total. The van der Waals surface area contributed by atoms with Crippen LogP contribution in [0.25, 0.3) is 10.2 Å². The second kappa shape index (κ2) is 9.63. The molecule has 2 aliphatic rings. The van der Waals surface area contributed by atoms with Gasteiger partial charge in [0.15, 0.2) is 0 Å². The topological polar surface area (TPSA) is 61.4 Å². The Kier molecular flexibility index (Phi) is 6.46. The Bertz CT molecular complexity index is 1090. The Morgan fingerprint density at radius 3 is 2.75 bits per heavy atom. The minimum Gasteiger partial charge on any atom is -0.356 e. The number of amides is 2. The van der Waals surface area contributed by atoms with Gasteiger partial charge in [-0.3, -0.25) is 0 Å². The van der Waals surface area contributed by atoms with Gasteiger partial charge in [-0.05, 0) is 56.4 Å². The van der Waals surface area contributed by atoms with Crippen LogP contribution in [-0.4, -0.2) is 47.1 Å². The SMILES string of the molecule is O=C(NCc1cccnc1N1CCCCC1)N1CCC(c2nc3cc(Cl)ccc3s2)CC1. The fourth-order valence-corrected chi connectivity index (χ4v) is 5.95. The number of aromatic nitrogens is 2. The summed E-state index contributed by atoms with van der Waals surface area (Å²) in [7, 11) is 0. The van der Waals surface area contributed by atoms with E-state index in [2.05, 4.69) is 21.3 Å². The second-order valence-corrected chi connectivity index (χ2v) is 10.1. The van der Waals surface area contributed by atoms with Crippen molar-refractivity contribution in [1.82, 2.24) is 20.2 Å². The van der Waals surface area contributed by atoms with E-state index in [1.54, 1.807) is 11.3 Å². The summed E-state index contributed by atoms with van der Waals surface area (Å²) in [6.07, 6.45) is 7.42. The van der Waals surface area contributed by atoms with Crippen LogP contribution in [0.3, 0.4) is 0 Å². The third-order valence-corrected chi connectivity index (χ3v) is 7.88. The number of urea groups is 1. The fourth-order valence-electron chi connectivity index (χ4n) is 4.66. The van der Waals surface area contributed by atoms with E-state index >= 15 is 0 Å². The molecular formula is C24H28ClN5OS. The zero-order valence-electron chi connectivity index (χ0n) is 18.1. The number of rotatable bonds is 4. The predicted molar refractivity (Wildman–Crippen MR) is 131 cm³/mol. The quantitative estimate of drug-likeness (QED) is 0.553. The lowest BCUT2D eigenvalue weighted by Crippen LogP contribution is -2.44. The highest BCUT2D eigenvalue weighted by atomic mass is 35.5. The summed E-state index contributed by atoms with van der Waals surface area (Å²) >= 11 is 7.85. The number of piperidine rings is 2. The molecule has 0 spiro atoms. The Balaban J connectivity index is 1.16. The first kappa shape index (κ1) is 21.5. The molecule has 0 aliphatic carbocycles. The molecule has 1 aromatic carbocycles. The molecule has 1 N–H and O–H groups in total. The number of pyridine rings is 1. The number of hydrogen-bond acceptors (Lipinski definition) is 5. The van der Waals surface area contributed by atoms with Crippen molar-refractivity contribution in [3.8, 4) is 0 Å². The molecule has 2 fully saturated rings. The first-order valence-electron chi connectivity index (χ1n) is 11.4. The number of thiazole rings is 1. The van der Waals surface area contributed by atoms with Crippen LogP contribution in [-0.2, 0) is 6.54 Å². The number of nitrogens with one attached hydrogen (secondary N) is 1. The third kappa shape index (κ3) is 4.69. The maximum absolute atomic E-state index is 12.8. The first-order chi connectivity index (χ1) is 15.7. The predicted octanol–water partition coefficient (Wildman–Crippen LogP) is 5.42. The van der Waals surface area contributed by atoms with Crippen molar-refractivity contribution in [2.75, 3.05) is 31.1 Å². The number of carbonyl (C=O) groups is 1. The first-order valence-corrected chi connectivity index (χ1v) is 12.6. The van der Waals surface area contributed by atoms with E-state index in [0.717, 1.165) is 65.9 Å². The number of likely N-dealkylation sites (tertiary alicyclic amines) is 1. The molecule has 2 amide bonds. The molecule has 3 aromatic rings. The van der Waals surface area contributed by atoms with Gasteiger partial charge in [-0.1, -0.05) is 17.7 Å². The highest BCUT2D eigenvalue weighted by Gasteiger charge is 2.26. The minimum absolute atomic E-state index is 0.00739. The molecule has 2 aromatic heterocycles. The van der Waals surface area contributed by atoms with E-state index in [9.17, 15) is 4.79 Å². The van der Waals surface area contributed by atoms with Crippen LogP contribution in [0.15, 0.2) is 36.5 Å². The summed E-state index contributed by atoms with van der Waals surface area (Å²) in [6, 6.07) is 9.91. The van der Waals surface area contributed by atoms with Crippen molar-refractivity contribution in [2.45, 2.75) is 44.6 Å². The Labute approximate surface area is 197 Å². The Morgan fingerprint density at radius 2 is 1.94 bits per heavy atom. The number of hydrogen-bond donors (Lipinski definition) is 1. The fraction of sp³-hybridized carbons (Fsp3) is 0.458. The lowest BCUT2D eigenvalue weighted by Gasteiger charge is -2.32. The summed E-state index contributed by atoms with van der Waals surface area (Å²) in [5.41, 5.74) is 2.06. The molecule has 0 unspecified atom stereocenters. The summed E-state index contributed by atoms with van der Waals surface area (Å²) in [5.74, 6) is 1.42. The number of fused-ring (bicyclic) bond motifs is 1. The average Bonchev–Trinajstić information content (AvgIpc) is 3.26. The van der Waals surface area contributed by atoms with Gasteiger partial charge in [0.25, 0.3) is 0 Å². The summed E-state index contributed by atoms with van der Waals surface area (Å²) < 4.78 is 1.17. The minimum atomic E-state index is 0.00739. The van der Waals surface area contributed by atoms with Crippen molar-refractivity contribution < 1.29 is 4.79 Å². The zero-order chi connectivity index (χ0) is 21.9. The van der Waals surface area contributed by atoms with Crippen molar-refractivity contribution in [3.63, 3.8) is 0 Å². The number of halogens is 1. The van der Waals surface area contributed by atoms with Crippen LogP contribution in [0.2, 0.25) is 5.02 Å². The van der Waals surface area contributed by atoms with Gasteiger partial charge in [-0.15, -0.1) is 11.3 Å². The molecular weight excluding hydrogens is 442 g/mol. The monoisotopic (exact) mass is 469 g/mol. The molecule has 32 heavy (non-hydrogen) atoms. The van der Waals surface area contributed by atoms with Crippen molar-refractivity contribution in [1.29, 1.82) is 0 Å². The lowest BCUT2D eigenvalue weighted by molar-refractivity contribution is 0.181. The second-order valence-electron chi connectivity index (χ2n) is 8.62. The van der Waals surface area contributed by atoms with Gasteiger partial charge >= 0.3 is 6.03 Å². The van der Waals surface area contributed by atoms with Gasteiger partial charge in [0.2, 0.25) is 0 Å². The van der Waals surface area contributed by atoms with Crippen LogP contribution in [0.5, 0.6) is 0 Å². The van der Waals surface area contributed by atoms with Gasteiger partial charge in [0.1, 0.15) is 5.82 Å². The molecule has 0 saturated carbocycles.